The van der Waals surface area contributed by atoms with Gasteiger partial charge in [-0.1, -0.05) is 30.3 Å². The van der Waals surface area contributed by atoms with Crippen LogP contribution in [0.15, 0.2) is 30.3 Å². The molecule has 4 nitrogen and oxygen atoms in total. The normalized spacial score (nSPS) is 31.4. The predicted molar refractivity (Wildman–Crippen MR) is 67.1 cm³/mol. The van der Waals surface area contributed by atoms with Crippen LogP contribution in [0.1, 0.15) is 18.4 Å². The maximum Gasteiger partial charge on any atom is 0.220 e. The number of primary amides is 1. The largest absolute Gasteiger partial charge is 0.369 e. The Morgan fingerprint density at radius 3 is 2.78 bits per heavy atom. The molecule has 1 heterocycles. The van der Waals surface area contributed by atoms with Crippen LogP contribution < -0.4 is 5.73 Å². The first-order valence-corrected chi connectivity index (χ1v) is 6.47. The number of benzene rings is 1. The lowest BCUT2D eigenvalue weighted by atomic mass is 10.0. The number of rotatable bonds is 3. The van der Waals surface area contributed by atoms with Crippen LogP contribution in [-0.4, -0.2) is 23.6 Å². The van der Waals surface area contributed by atoms with Crippen molar-refractivity contribution in [1.82, 2.24) is 5.06 Å². The van der Waals surface area contributed by atoms with Crippen molar-refractivity contribution in [2.24, 2.45) is 17.6 Å². The summed E-state index contributed by atoms with van der Waals surface area (Å²) in [6, 6.07) is 10.3. The molecule has 4 heteroatoms. The van der Waals surface area contributed by atoms with Gasteiger partial charge in [-0.25, -0.2) is 0 Å². The average molecular weight is 246 g/mol. The number of carbonyl (C=O) groups excluding carboxylic acids is 1. The second-order valence-corrected chi connectivity index (χ2v) is 5.28. The minimum Gasteiger partial charge on any atom is -0.369 e. The number of nitrogens with two attached hydrogens (primary N) is 1. The molecule has 96 valence electrons. The van der Waals surface area contributed by atoms with E-state index in [1.54, 1.807) is 0 Å². The number of amides is 1. The van der Waals surface area contributed by atoms with E-state index >= 15 is 0 Å². The topological polar surface area (TPSA) is 55.6 Å². The number of hydrogen-bond donors (Lipinski definition) is 1. The zero-order valence-corrected chi connectivity index (χ0v) is 10.3. The molecule has 2 fully saturated rings. The van der Waals surface area contributed by atoms with Crippen LogP contribution in [0.4, 0.5) is 0 Å². The summed E-state index contributed by atoms with van der Waals surface area (Å²) in [5.41, 5.74) is 6.60. The van der Waals surface area contributed by atoms with Crippen molar-refractivity contribution in [1.29, 1.82) is 0 Å². The van der Waals surface area contributed by atoms with Crippen molar-refractivity contribution in [3.63, 3.8) is 0 Å². The molecule has 1 saturated heterocycles. The standard InChI is InChI=1S/C14H18N2O2/c15-14(17)11-6-12-9-16(18-13(12)7-11)8-10-4-2-1-3-5-10/h1-5,11-13H,6-9H2,(H2,15,17)/t11-,12+,13+/m0/s1. The lowest BCUT2D eigenvalue weighted by Gasteiger charge is -2.17. The van der Waals surface area contributed by atoms with E-state index in [0.29, 0.717) is 5.92 Å². The number of hydroxylamine groups is 2. The van der Waals surface area contributed by atoms with Gasteiger partial charge in [0.15, 0.2) is 0 Å². The summed E-state index contributed by atoms with van der Waals surface area (Å²) >= 11 is 0. The van der Waals surface area contributed by atoms with Gasteiger partial charge >= 0.3 is 0 Å². The Kier molecular flexibility index (Phi) is 3.06. The zero-order valence-electron chi connectivity index (χ0n) is 10.3. The van der Waals surface area contributed by atoms with Gasteiger partial charge in [0.2, 0.25) is 5.91 Å². The number of carbonyl (C=O) groups is 1. The Morgan fingerprint density at radius 2 is 2.11 bits per heavy atom. The Labute approximate surface area is 107 Å². The summed E-state index contributed by atoms with van der Waals surface area (Å²) in [7, 11) is 0. The molecule has 1 aromatic carbocycles. The Bertz CT molecular complexity index is 421. The molecular weight excluding hydrogens is 228 g/mol. The van der Waals surface area contributed by atoms with Crippen molar-refractivity contribution in [3.8, 4) is 0 Å². The molecule has 0 bridgehead atoms. The average Bonchev–Trinajstić information content (AvgIpc) is 2.88. The van der Waals surface area contributed by atoms with E-state index in [0.717, 1.165) is 25.9 Å². The summed E-state index contributed by atoms with van der Waals surface area (Å²) in [6.07, 6.45) is 1.85. The highest BCUT2D eigenvalue weighted by molar-refractivity contribution is 5.77. The van der Waals surface area contributed by atoms with E-state index in [2.05, 4.69) is 12.1 Å². The minimum absolute atomic E-state index is 0.0128. The van der Waals surface area contributed by atoms with Crippen LogP contribution in [0.5, 0.6) is 0 Å². The van der Waals surface area contributed by atoms with Gasteiger partial charge in [0.1, 0.15) is 0 Å². The third-order valence-corrected chi connectivity index (χ3v) is 3.96. The summed E-state index contributed by atoms with van der Waals surface area (Å²) in [5.74, 6) is 0.299. The summed E-state index contributed by atoms with van der Waals surface area (Å²) in [5, 5.41) is 2.02. The maximum atomic E-state index is 11.2. The molecule has 3 atom stereocenters. The Morgan fingerprint density at radius 1 is 1.33 bits per heavy atom. The minimum atomic E-state index is -0.178. The highest BCUT2D eigenvalue weighted by Crippen LogP contribution is 2.39. The molecule has 1 aliphatic carbocycles. The first kappa shape index (κ1) is 11.7. The van der Waals surface area contributed by atoms with Crippen molar-refractivity contribution in [2.75, 3.05) is 6.54 Å². The third-order valence-electron chi connectivity index (χ3n) is 3.96. The monoisotopic (exact) mass is 246 g/mol. The van der Waals surface area contributed by atoms with E-state index in [-0.39, 0.29) is 17.9 Å². The van der Waals surface area contributed by atoms with Crippen LogP contribution in [0.25, 0.3) is 0 Å². The molecule has 18 heavy (non-hydrogen) atoms. The molecule has 3 rings (SSSR count). The van der Waals surface area contributed by atoms with Crippen molar-refractivity contribution in [2.45, 2.75) is 25.5 Å². The maximum absolute atomic E-state index is 11.2. The number of hydrogen-bond acceptors (Lipinski definition) is 3. The molecule has 2 N–H and O–H groups in total. The highest BCUT2D eigenvalue weighted by atomic mass is 16.7. The molecule has 0 spiro atoms. The Balaban J connectivity index is 1.57. The first-order chi connectivity index (χ1) is 8.72. The third kappa shape index (κ3) is 2.26. The molecule has 0 unspecified atom stereocenters. The molecule has 1 aromatic rings. The molecule has 1 saturated carbocycles. The zero-order chi connectivity index (χ0) is 12.5. The van der Waals surface area contributed by atoms with Crippen LogP contribution in [0.3, 0.4) is 0 Å². The van der Waals surface area contributed by atoms with Crippen molar-refractivity contribution in [3.05, 3.63) is 35.9 Å². The summed E-state index contributed by atoms with van der Waals surface area (Å²) in [4.78, 5) is 17.1. The van der Waals surface area contributed by atoms with Gasteiger partial charge in [-0.15, -0.1) is 0 Å². The summed E-state index contributed by atoms with van der Waals surface area (Å²) in [6.45, 7) is 1.72. The van der Waals surface area contributed by atoms with Crippen LogP contribution >= 0.6 is 0 Å². The van der Waals surface area contributed by atoms with E-state index in [1.807, 2.05) is 23.3 Å². The molecule has 2 aliphatic rings. The second-order valence-electron chi connectivity index (χ2n) is 5.28. The van der Waals surface area contributed by atoms with Crippen LogP contribution in [0.2, 0.25) is 0 Å². The Hall–Kier alpha value is -1.39. The fourth-order valence-electron chi connectivity index (χ4n) is 3.02. The smallest absolute Gasteiger partial charge is 0.220 e. The van der Waals surface area contributed by atoms with E-state index in [9.17, 15) is 4.79 Å². The fraction of sp³-hybridized carbons (Fsp3) is 0.500. The molecule has 0 radical (unpaired) electrons. The van der Waals surface area contributed by atoms with Gasteiger partial charge < -0.3 is 5.73 Å². The second kappa shape index (κ2) is 4.71. The van der Waals surface area contributed by atoms with Crippen molar-refractivity contribution < 1.29 is 9.63 Å². The van der Waals surface area contributed by atoms with E-state index in [4.69, 9.17) is 10.6 Å². The molecule has 1 amide bonds. The van der Waals surface area contributed by atoms with Crippen LogP contribution in [0, 0.1) is 11.8 Å². The van der Waals surface area contributed by atoms with Crippen LogP contribution in [-0.2, 0) is 16.2 Å². The number of fused-ring (bicyclic) bond motifs is 1. The molecular formula is C14H18N2O2. The van der Waals surface area contributed by atoms with E-state index in [1.165, 1.54) is 5.56 Å². The number of nitrogens with zero attached hydrogens (tertiary/aromatic N) is 1. The van der Waals surface area contributed by atoms with Gasteiger partial charge in [0.05, 0.1) is 6.10 Å². The van der Waals surface area contributed by atoms with Gasteiger partial charge in [-0.05, 0) is 18.4 Å². The van der Waals surface area contributed by atoms with Gasteiger partial charge in [-0.2, -0.15) is 5.06 Å². The summed E-state index contributed by atoms with van der Waals surface area (Å²) < 4.78 is 0. The van der Waals surface area contributed by atoms with Crippen molar-refractivity contribution >= 4 is 5.91 Å². The fourth-order valence-corrected chi connectivity index (χ4v) is 3.02. The van der Waals surface area contributed by atoms with E-state index < -0.39 is 0 Å². The lowest BCUT2D eigenvalue weighted by molar-refractivity contribution is -0.155. The quantitative estimate of drug-likeness (QED) is 0.875. The first-order valence-electron chi connectivity index (χ1n) is 6.47. The van der Waals surface area contributed by atoms with Gasteiger partial charge in [0.25, 0.3) is 0 Å². The highest BCUT2D eigenvalue weighted by Gasteiger charge is 2.43. The molecule has 1 aliphatic heterocycles. The van der Waals surface area contributed by atoms with Gasteiger partial charge in [0, 0.05) is 24.9 Å². The molecule has 0 aromatic heterocycles. The SMILES string of the molecule is NC(=O)[C@H]1C[C@@H]2CN(Cc3ccccc3)O[C@@H]2C1. The lowest BCUT2D eigenvalue weighted by Crippen LogP contribution is -2.25. The predicted octanol–water partition coefficient (Wildman–Crippen LogP) is 1.31. The van der Waals surface area contributed by atoms with Gasteiger partial charge in [-0.3, -0.25) is 9.63 Å².